The molecule has 0 saturated heterocycles. The van der Waals surface area contributed by atoms with Crippen LogP contribution in [-0.4, -0.2) is 18.8 Å². The Kier molecular flexibility index (Phi) is 18.2. The van der Waals surface area contributed by atoms with Gasteiger partial charge in [-0.3, -0.25) is 11.8 Å². The smallest absolute Gasteiger partial charge is 0.366 e. The average Bonchev–Trinajstić information content (AvgIpc) is 3.39. The molecular formula is C65H52Ag2P2S+2. The predicted octanol–water partition coefficient (Wildman–Crippen LogP) is 13.6. The van der Waals surface area contributed by atoms with Crippen molar-refractivity contribution in [3.8, 4) is 11.8 Å². The largest absolute Gasteiger partial charge is 1.00 e. The van der Waals surface area contributed by atoms with Crippen molar-refractivity contribution in [2.75, 3.05) is 18.8 Å². The zero-order chi connectivity index (χ0) is 46.9. The third kappa shape index (κ3) is 11.7. The Balaban J connectivity index is 0.000000175. The Morgan fingerprint density at radius 2 is 0.586 bits per heavy atom. The summed E-state index contributed by atoms with van der Waals surface area (Å²) in [6, 6.07) is 89.0. The van der Waals surface area contributed by atoms with E-state index < -0.39 is 25.9 Å². The summed E-state index contributed by atoms with van der Waals surface area (Å²) in [4.78, 5) is 1.48. The molecule has 348 valence electrons. The van der Waals surface area contributed by atoms with Crippen molar-refractivity contribution >= 4 is 101 Å². The Morgan fingerprint density at radius 1 is 0.314 bits per heavy atom. The molecule has 0 heterocycles. The SMILES string of the molecule is CS(C)(C)c1ccc([PH+](c2ccccc2)c2ccccc2)c([PH+](c2ccccc2)c2ccccc2)c1.[Ag+].[Ag+].[C-]#Cc1c2ccccc2cc2ccccc12.[C-]#Cc1c2ccccc2cc2ccccc12. The maximum Gasteiger partial charge on any atom is 1.00 e. The monoisotopic (exact) mass is 1140 g/mol. The van der Waals surface area contributed by atoms with Crippen LogP contribution in [0, 0.1) is 24.7 Å². The van der Waals surface area contributed by atoms with Gasteiger partial charge in [-0.1, -0.05) is 191 Å². The first-order valence-electron chi connectivity index (χ1n) is 22.8. The van der Waals surface area contributed by atoms with Crippen molar-refractivity contribution in [1.29, 1.82) is 0 Å². The van der Waals surface area contributed by atoms with Gasteiger partial charge in [0.25, 0.3) is 0 Å². The molecule has 0 aliphatic heterocycles. The first-order valence-corrected chi connectivity index (χ1v) is 28.6. The molecule has 0 N–H and O–H groups in total. The van der Waals surface area contributed by atoms with E-state index >= 15 is 0 Å². The van der Waals surface area contributed by atoms with Gasteiger partial charge in [0.05, 0.1) is 0 Å². The van der Waals surface area contributed by atoms with Crippen LogP contribution in [0.3, 0.4) is 0 Å². The van der Waals surface area contributed by atoms with E-state index in [4.69, 9.17) is 12.8 Å². The zero-order valence-electron chi connectivity index (χ0n) is 39.2. The second kappa shape index (κ2) is 24.4. The first kappa shape index (κ1) is 52.1. The third-order valence-corrected chi connectivity index (χ3v) is 19.8. The van der Waals surface area contributed by atoms with Gasteiger partial charge in [-0.05, 0) is 124 Å². The molecule has 11 aromatic carbocycles. The summed E-state index contributed by atoms with van der Waals surface area (Å²) in [5.74, 6) is 5.13. The summed E-state index contributed by atoms with van der Waals surface area (Å²) in [6.45, 7) is 0. The van der Waals surface area contributed by atoms with Crippen molar-refractivity contribution in [2.24, 2.45) is 0 Å². The zero-order valence-corrected chi connectivity index (χ0v) is 45.0. The van der Waals surface area contributed by atoms with Gasteiger partial charge in [-0.25, -0.2) is 10.0 Å². The van der Waals surface area contributed by atoms with Gasteiger partial charge < -0.3 is 12.8 Å². The molecule has 0 saturated carbocycles. The fraction of sp³-hybridized carbons (Fsp3) is 0.0462. The van der Waals surface area contributed by atoms with E-state index in [1.54, 1.807) is 5.30 Å². The molecule has 70 heavy (non-hydrogen) atoms. The van der Waals surface area contributed by atoms with Crippen LogP contribution in [0.2, 0.25) is 0 Å². The van der Waals surface area contributed by atoms with Crippen LogP contribution < -0.4 is 31.8 Å². The number of benzene rings is 11. The molecule has 0 aliphatic rings. The molecule has 0 spiro atoms. The Bertz CT molecular complexity index is 3260. The predicted molar refractivity (Wildman–Crippen MR) is 306 cm³/mol. The molecule has 0 aliphatic carbocycles. The van der Waals surface area contributed by atoms with Gasteiger partial charge in [0.2, 0.25) is 0 Å². The van der Waals surface area contributed by atoms with E-state index in [1.165, 1.54) is 31.4 Å². The quantitative estimate of drug-likeness (QED) is 0.0491. The normalized spacial score (nSPS) is 11.0. The van der Waals surface area contributed by atoms with Crippen LogP contribution >= 0.6 is 25.9 Å². The first-order chi connectivity index (χ1) is 33.3. The van der Waals surface area contributed by atoms with E-state index in [-0.39, 0.29) is 44.8 Å². The summed E-state index contributed by atoms with van der Waals surface area (Å²) >= 11 is 0. The minimum Gasteiger partial charge on any atom is -0.366 e. The summed E-state index contributed by atoms with van der Waals surface area (Å²) in [5.41, 5.74) is 1.77. The third-order valence-electron chi connectivity index (χ3n) is 12.3. The van der Waals surface area contributed by atoms with Crippen LogP contribution in [0.1, 0.15) is 11.1 Å². The second-order valence-corrected chi connectivity index (χ2v) is 26.4. The second-order valence-electron chi connectivity index (χ2n) is 17.4. The van der Waals surface area contributed by atoms with Crippen molar-refractivity contribution in [3.63, 3.8) is 0 Å². The number of rotatable bonds is 7. The molecule has 0 bridgehead atoms. The van der Waals surface area contributed by atoms with Gasteiger partial charge in [0.15, 0.2) is 0 Å². The molecule has 0 unspecified atom stereocenters. The fourth-order valence-corrected chi connectivity index (χ4v) is 16.1. The molecular weight excluding hydrogens is 1090 g/mol. The summed E-state index contributed by atoms with van der Waals surface area (Å²) < 4.78 is 0. The maximum absolute atomic E-state index is 7.46. The molecule has 0 aromatic heterocycles. The van der Waals surface area contributed by atoms with E-state index in [1.807, 2.05) is 72.8 Å². The van der Waals surface area contributed by atoms with Crippen molar-refractivity contribution in [3.05, 3.63) is 273 Å². The molecule has 11 aromatic rings. The molecule has 5 heteroatoms. The topological polar surface area (TPSA) is 0 Å². The minimum absolute atomic E-state index is 0. The minimum atomic E-state index is -1.21. The molecule has 11 rings (SSSR count). The van der Waals surface area contributed by atoms with Crippen LogP contribution in [0.15, 0.2) is 254 Å². The molecule has 0 radical (unpaired) electrons. The van der Waals surface area contributed by atoms with Crippen molar-refractivity contribution < 1.29 is 44.8 Å². The van der Waals surface area contributed by atoms with Crippen molar-refractivity contribution in [2.45, 2.75) is 4.90 Å². The molecule has 0 nitrogen and oxygen atoms in total. The summed E-state index contributed by atoms with van der Waals surface area (Å²) in [7, 11) is -3.27. The van der Waals surface area contributed by atoms with Crippen LogP contribution in [0.4, 0.5) is 0 Å². The van der Waals surface area contributed by atoms with E-state index in [0.717, 1.165) is 54.2 Å². The van der Waals surface area contributed by atoms with Gasteiger partial charge in [-0.2, -0.15) is 0 Å². The van der Waals surface area contributed by atoms with Gasteiger partial charge in [0, 0.05) is 0 Å². The number of hydrogen-bond acceptors (Lipinski definition) is 0. The summed E-state index contributed by atoms with van der Waals surface area (Å²) in [6.07, 6.45) is 22.1. The van der Waals surface area contributed by atoms with E-state index in [9.17, 15) is 0 Å². The summed E-state index contributed by atoms with van der Waals surface area (Å²) in [5, 5.41) is 17.8. The van der Waals surface area contributed by atoms with Crippen molar-refractivity contribution in [1.82, 2.24) is 0 Å². The Morgan fingerprint density at radius 3 is 0.871 bits per heavy atom. The van der Waals surface area contributed by atoms with Gasteiger partial charge >= 0.3 is 44.8 Å². The number of hydrogen-bond donors (Lipinski definition) is 0. The number of fused-ring (bicyclic) bond motifs is 4. The van der Waals surface area contributed by atoms with Crippen LogP contribution in [-0.2, 0) is 44.8 Å². The van der Waals surface area contributed by atoms with Gasteiger partial charge in [-0.15, -0.1) is 11.1 Å². The Labute approximate surface area is 449 Å². The maximum atomic E-state index is 7.46. The van der Waals surface area contributed by atoms with Gasteiger partial charge in [0.1, 0.15) is 47.7 Å². The van der Waals surface area contributed by atoms with E-state index in [2.05, 4.69) is 207 Å². The van der Waals surface area contributed by atoms with Crippen LogP contribution in [0.25, 0.3) is 43.1 Å². The van der Waals surface area contributed by atoms with Crippen LogP contribution in [0.5, 0.6) is 0 Å². The fourth-order valence-electron chi connectivity index (χ4n) is 9.00. The molecule has 0 atom stereocenters. The molecule has 0 amide bonds. The Hall–Kier alpha value is -5.73. The molecule has 0 fully saturated rings. The standard InChI is InChI=1S/C33H32P2S.2C16H9.2Ag/c1-36(2,3)31-24-25-32(34(27-16-8-4-9-17-27)28-18-10-5-11-19-28)33(26-31)35(29-20-12-6-13-21-29)30-22-14-7-15-23-30;2*1-2-14-15-9-5-3-7-12(15)11-13-8-4-6-10-16(13)14;;/h4-26H,1-3H3;2*3-11H;;/q;2*-1;2*+1/p+2. The van der Waals surface area contributed by atoms with E-state index in [0.29, 0.717) is 0 Å². The average molecular weight is 1140 g/mol.